The third-order valence-electron chi connectivity index (χ3n) is 1.72. The fourth-order valence-corrected chi connectivity index (χ4v) is 1.29. The molecule has 0 aliphatic heterocycles. The Morgan fingerprint density at radius 1 is 1.07 bits per heavy atom. The van der Waals surface area contributed by atoms with Crippen molar-refractivity contribution in [3.8, 4) is 11.4 Å². The maximum Gasteiger partial charge on any atom is 0.188 e. The Morgan fingerprint density at radius 3 is 2.53 bits per heavy atom. The maximum absolute atomic E-state index is 13.5. The van der Waals surface area contributed by atoms with Gasteiger partial charge in [0.15, 0.2) is 11.0 Å². The van der Waals surface area contributed by atoms with Gasteiger partial charge in [0, 0.05) is 6.20 Å². The predicted molar refractivity (Wildman–Crippen MR) is 55.2 cm³/mol. The lowest BCUT2D eigenvalue weighted by molar-refractivity contribution is 0.618. The molecule has 76 valence electrons. The van der Waals surface area contributed by atoms with Crippen LogP contribution in [0, 0.1) is 5.82 Å². The van der Waals surface area contributed by atoms with Gasteiger partial charge in [-0.3, -0.25) is 4.98 Å². The van der Waals surface area contributed by atoms with Gasteiger partial charge < -0.3 is 0 Å². The van der Waals surface area contributed by atoms with Gasteiger partial charge in [-0.05, 0) is 12.1 Å². The van der Waals surface area contributed by atoms with Gasteiger partial charge in [-0.25, -0.2) is 14.4 Å². The summed E-state index contributed by atoms with van der Waals surface area (Å²) in [5.74, 6) is -0.686. The highest BCUT2D eigenvalue weighted by Crippen LogP contribution is 2.22. The summed E-state index contributed by atoms with van der Waals surface area (Å²) in [6, 6.07) is 3.16. The number of hydrogen-bond acceptors (Lipinski definition) is 3. The van der Waals surface area contributed by atoms with Crippen LogP contribution in [0.5, 0.6) is 0 Å². The van der Waals surface area contributed by atoms with E-state index >= 15 is 0 Å². The second kappa shape index (κ2) is 4.08. The first kappa shape index (κ1) is 10.3. The summed E-state index contributed by atoms with van der Waals surface area (Å²) in [6.45, 7) is 0. The van der Waals surface area contributed by atoms with Crippen molar-refractivity contribution in [1.29, 1.82) is 0 Å². The van der Waals surface area contributed by atoms with Crippen LogP contribution < -0.4 is 0 Å². The third kappa shape index (κ3) is 2.06. The smallest absolute Gasteiger partial charge is 0.188 e. The lowest BCUT2D eigenvalue weighted by Crippen LogP contribution is -1.94. The summed E-state index contributed by atoms with van der Waals surface area (Å²) in [7, 11) is 0. The van der Waals surface area contributed by atoms with Crippen molar-refractivity contribution in [1.82, 2.24) is 15.0 Å². The predicted octanol–water partition coefficient (Wildman–Crippen LogP) is 2.98. The minimum absolute atomic E-state index is 0.0617. The van der Waals surface area contributed by atoms with E-state index in [-0.39, 0.29) is 10.8 Å². The monoisotopic (exact) mass is 243 g/mol. The van der Waals surface area contributed by atoms with E-state index in [0.717, 1.165) is 0 Å². The summed E-state index contributed by atoms with van der Waals surface area (Å²) >= 11 is 11.2. The number of rotatable bonds is 1. The third-order valence-corrected chi connectivity index (χ3v) is 2.20. The highest BCUT2D eigenvalue weighted by Gasteiger charge is 2.11. The molecule has 0 amide bonds. The van der Waals surface area contributed by atoms with Gasteiger partial charge in [0.2, 0.25) is 0 Å². The van der Waals surface area contributed by atoms with E-state index in [1.807, 2.05) is 0 Å². The SMILES string of the molecule is Fc1c(Cl)ncnc1-c1ccc(Cl)cn1. The fraction of sp³-hybridized carbons (Fsp3) is 0. The Bertz CT molecular complexity index is 487. The van der Waals surface area contributed by atoms with Crippen LogP contribution in [0.2, 0.25) is 10.2 Å². The summed E-state index contributed by atoms with van der Waals surface area (Å²) in [5, 5.41) is 0.246. The molecule has 2 rings (SSSR count). The maximum atomic E-state index is 13.5. The lowest BCUT2D eigenvalue weighted by atomic mass is 10.2. The molecule has 2 aromatic rings. The topological polar surface area (TPSA) is 38.7 Å². The van der Waals surface area contributed by atoms with Crippen LogP contribution in [0.25, 0.3) is 11.4 Å². The van der Waals surface area contributed by atoms with Gasteiger partial charge >= 0.3 is 0 Å². The van der Waals surface area contributed by atoms with Gasteiger partial charge in [0.1, 0.15) is 12.0 Å². The van der Waals surface area contributed by atoms with E-state index in [9.17, 15) is 4.39 Å². The second-order valence-electron chi connectivity index (χ2n) is 2.69. The van der Waals surface area contributed by atoms with E-state index in [1.165, 1.54) is 12.5 Å². The van der Waals surface area contributed by atoms with Crippen molar-refractivity contribution in [2.75, 3.05) is 0 Å². The Kier molecular flexibility index (Phi) is 2.79. The van der Waals surface area contributed by atoms with Gasteiger partial charge in [0.25, 0.3) is 0 Å². The molecule has 0 unspecified atom stereocenters. The fourth-order valence-electron chi connectivity index (χ4n) is 1.04. The number of aromatic nitrogens is 3. The molecule has 0 aromatic carbocycles. The normalized spacial score (nSPS) is 10.3. The average molecular weight is 244 g/mol. The van der Waals surface area contributed by atoms with Crippen LogP contribution >= 0.6 is 23.2 Å². The van der Waals surface area contributed by atoms with Crippen molar-refractivity contribution in [2.24, 2.45) is 0 Å². The molecular weight excluding hydrogens is 240 g/mol. The van der Waals surface area contributed by atoms with Crippen molar-refractivity contribution in [3.63, 3.8) is 0 Å². The van der Waals surface area contributed by atoms with Crippen molar-refractivity contribution in [2.45, 2.75) is 0 Å². The molecule has 3 nitrogen and oxygen atoms in total. The number of nitrogens with zero attached hydrogens (tertiary/aromatic N) is 3. The first-order chi connectivity index (χ1) is 7.18. The zero-order valence-corrected chi connectivity index (χ0v) is 8.80. The highest BCUT2D eigenvalue weighted by molar-refractivity contribution is 6.30. The molecule has 0 aliphatic rings. The molecule has 2 heterocycles. The van der Waals surface area contributed by atoms with E-state index < -0.39 is 5.82 Å². The standard InChI is InChI=1S/C9H4Cl2FN3/c10-5-1-2-6(13-3-5)8-7(12)9(11)15-4-14-8/h1-4H. The molecule has 6 heteroatoms. The molecule has 0 saturated carbocycles. The molecule has 0 bridgehead atoms. The molecule has 0 aliphatic carbocycles. The van der Waals surface area contributed by atoms with E-state index in [0.29, 0.717) is 10.7 Å². The lowest BCUT2D eigenvalue weighted by Gasteiger charge is -2.01. The first-order valence-corrected chi connectivity index (χ1v) is 4.72. The van der Waals surface area contributed by atoms with E-state index in [2.05, 4.69) is 15.0 Å². The van der Waals surface area contributed by atoms with Crippen molar-refractivity contribution in [3.05, 3.63) is 40.6 Å². The number of hydrogen-bond donors (Lipinski definition) is 0. The zero-order valence-electron chi connectivity index (χ0n) is 7.28. The van der Waals surface area contributed by atoms with Crippen LogP contribution in [0.3, 0.4) is 0 Å². The van der Waals surface area contributed by atoms with Crippen molar-refractivity contribution >= 4 is 23.2 Å². The number of pyridine rings is 1. The van der Waals surface area contributed by atoms with Crippen molar-refractivity contribution < 1.29 is 4.39 Å². The Morgan fingerprint density at radius 2 is 1.87 bits per heavy atom. The molecule has 0 N–H and O–H groups in total. The average Bonchev–Trinajstić information content (AvgIpc) is 2.24. The van der Waals surface area contributed by atoms with E-state index in [1.54, 1.807) is 12.1 Å². The molecule has 2 aromatic heterocycles. The Balaban J connectivity index is 2.54. The first-order valence-electron chi connectivity index (χ1n) is 3.96. The number of halogens is 3. The van der Waals surface area contributed by atoms with Gasteiger partial charge in [-0.2, -0.15) is 0 Å². The summed E-state index contributed by atoms with van der Waals surface area (Å²) in [6.07, 6.45) is 2.59. The van der Waals surface area contributed by atoms with Gasteiger partial charge in [0.05, 0.1) is 10.7 Å². The highest BCUT2D eigenvalue weighted by atomic mass is 35.5. The molecule has 0 spiro atoms. The Hall–Kier alpha value is -1.26. The second-order valence-corrected chi connectivity index (χ2v) is 3.48. The molecule has 0 saturated heterocycles. The van der Waals surface area contributed by atoms with Crippen LogP contribution in [-0.2, 0) is 0 Å². The minimum Gasteiger partial charge on any atom is -0.253 e. The van der Waals surface area contributed by atoms with Gasteiger partial charge in [-0.15, -0.1) is 0 Å². The van der Waals surface area contributed by atoms with Crippen LogP contribution in [0.15, 0.2) is 24.7 Å². The van der Waals surface area contributed by atoms with Crippen LogP contribution in [-0.4, -0.2) is 15.0 Å². The molecular formula is C9H4Cl2FN3. The summed E-state index contributed by atoms with van der Waals surface area (Å²) in [4.78, 5) is 11.2. The molecule has 0 radical (unpaired) electrons. The summed E-state index contributed by atoms with van der Waals surface area (Å²) < 4.78 is 13.5. The molecule has 0 fully saturated rings. The minimum atomic E-state index is -0.686. The largest absolute Gasteiger partial charge is 0.253 e. The van der Waals surface area contributed by atoms with E-state index in [4.69, 9.17) is 23.2 Å². The summed E-state index contributed by atoms with van der Waals surface area (Å²) in [5.41, 5.74) is 0.424. The zero-order chi connectivity index (χ0) is 10.8. The quantitative estimate of drug-likeness (QED) is 0.723. The Labute approximate surface area is 94.9 Å². The van der Waals surface area contributed by atoms with Crippen LogP contribution in [0.1, 0.15) is 0 Å². The molecule has 15 heavy (non-hydrogen) atoms. The van der Waals surface area contributed by atoms with Crippen LogP contribution in [0.4, 0.5) is 4.39 Å². The van der Waals surface area contributed by atoms with Gasteiger partial charge in [-0.1, -0.05) is 23.2 Å². The molecule has 0 atom stereocenters.